The van der Waals surface area contributed by atoms with Gasteiger partial charge in [-0.2, -0.15) is 9.97 Å². The van der Waals surface area contributed by atoms with Gasteiger partial charge in [0.2, 0.25) is 23.6 Å². The molecule has 3 heterocycles. The number of hydrogen-bond acceptors (Lipinski definition) is 10. The Morgan fingerprint density at radius 3 is 2.53 bits per heavy atom. The first kappa shape index (κ1) is 32.8. The summed E-state index contributed by atoms with van der Waals surface area (Å²) >= 11 is 0. The molecule has 47 heavy (non-hydrogen) atoms. The topological polar surface area (TPSA) is 140 Å². The molecular formula is C34H39N7O6. The molecule has 0 saturated carbocycles. The van der Waals surface area contributed by atoms with Crippen molar-refractivity contribution in [1.82, 2.24) is 19.4 Å². The zero-order valence-electron chi connectivity index (χ0n) is 27.1. The van der Waals surface area contributed by atoms with Crippen molar-refractivity contribution in [3.05, 3.63) is 73.4 Å². The molecule has 1 aliphatic heterocycles. The molecule has 246 valence electrons. The maximum absolute atomic E-state index is 12.3. The van der Waals surface area contributed by atoms with Gasteiger partial charge in [0.25, 0.3) is 0 Å². The van der Waals surface area contributed by atoms with E-state index in [-0.39, 0.29) is 36.4 Å². The number of anilines is 4. The van der Waals surface area contributed by atoms with E-state index in [1.54, 1.807) is 68.8 Å². The van der Waals surface area contributed by atoms with Crippen LogP contribution >= 0.6 is 0 Å². The van der Waals surface area contributed by atoms with Crippen molar-refractivity contribution < 1.29 is 28.6 Å². The normalized spacial score (nSPS) is 14.4. The molecule has 2 aromatic carbocycles. The van der Waals surface area contributed by atoms with Gasteiger partial charge in [0, 0.05) is 62.4 Å². The summed E-state index contributed by atoms with van der Waals surface area (Å²) in [5.41, 5.74) is 2.02. The average Bonchev–Trinajstić information content (AvgIpc) is 3.68. The molecule has 1 saturated heterocycles. The van der Waals surface area contributed by atoms with E-state index in [4.69, 9.17) is 19.2 Å². The van der Waals surface area contributed by atoms with Crippen LogP contribution in [0.5, 0.6) is 11.6 Å². The lowest BCUT2D eigenvalue weighted by atomic mass is 10.2. The lowest BCUT2D eigenvalue weighted by Crippen LogP contribution is -2.35. The van der Waals surface area contributed by atoms with Crippen molar-refractivity contribution in [1.29, 1.82) is 0 Å². The minimum absolute atomic E-state index is 0.0930. The molecular weight excluding hydrogens is 602 g/mol. The van der Waals surface area contributed by atoms with Gasteiger partial charge in [-0.3, -0.25) is 14.2 Å². The fraction of sp³-hybridized carbons (Fsp3) is 0.324. The Hall–Kier alpha value is -5.59. The third kappa shape index (κ3) is 8.37. The third-order valence-corrected chi connectivity index (χ3v) is 7.48. The molecule has 4 aromatic rings. The number of ether oxygens (including phenoxy) is 3. The van der Waals surface area contributed by atoms with Crippen LogP contribution in [-0.2, 0) is 25.8 Å². The molecule has 0 unspecified atom stereocenters. The molecule has 1 fully saturated rings. The highest BCUT2D eigenvalue weighted by Crippen LogP contribution is 2.32. The maximum atomic E-state index is 12.3. The van der Waals surface area contributed by atoms with E-state index in [1.165, 1.54) is 6.08 Å². The van der Waals surface area contributed by atoms with Crippen molar-refractivity contribution >= 4 is 52.0 Å². The van der Waals surface area contributed by atoms with Gasteiger partial charge in [-0.25, -0.2) is 4.79 Å². The number of fused-ring (bicyclic) bond motifs is 1. The number of likely N-dealkylation sites (N-methyl/N-ethyl adjacent to an activating group) is 1. The largest absolute Gasteiger partial charge is 0.510 e. The van der Waals surface area contributed by atoms with Crippen molar-refractivity contribution in [2.75, 3.05) is 35.7 Å². The van der Waals surface area contributed by atoms with Crippen LogP contribution in [0.25, 0.3) is 11.0 Å². The Labute approximate surface area is 273 Å². The number of hydrogen-bond donors (Lipinski definition) is 2. The fourth-order valence-electron chi connectivity index (χ4n) is 5.08. The van der Waals surface area contributed by atoms with Crippen LogP contribution in [0.4, 0.5) is 27.8 Å². The van der Waals surface area contributed by atoms with Crippen LogP contribution in [0, 0.1) is 0 Å². The molecule has 0 spiro atoms. The molecule has 2 aromatic heterocycles. The lowest BCUT2D eigenvalue weighted by molar-refractivity contribution is -0.127. The van der Waals surface area contributed by atoms with Gasteiger partial charge in [0.1, 0.15) is 11.4 Å². The van der Waals surface area contributed by atoms with Gasteiger partial charge in [0.05, 0.1) is 5.39 Å². The molecule has 0 radical (unpaired) electrons. The number of nitrogens with one attached hydrogen (secondary N) is 2. The number of carbonyl (C=O) groups excluding carboxylic acids is 3. The first-order valence-electron chi connectivity index (χ1n) is 15.2. The van der Waals surface area contributed by atoms with Crippen molar-refractivity contribution in [3.63, 3.8) is 0 Å². The fourth-order valence-corrected chi connectivity index (χ4v) is 5.08. The summed E-state index contributed by atoms with van der Waals surface area (Å²) in [6.45, 7) is 11.7. The van der Waals surface area contributed by atoms with E-state index in [1.807, 2.05) is 36.2 Å². The second-order valence-corrected chi connectivity index (χ2v) is 12.1. The zero-order valence-corrected chi connectivity index (χ0v) is 27.1. The van der Waals surface area contributed by atoms with E-state index < -0.39 is 11.8 Å². The molecule has 2 amide bonds. The first-order valence-corrected chi connectivity index (χ1v) is 15.2. The highest BCUT2D eigenvalue weighted by atomic mass is 16.7. The molecule has 13 heteroatoms. The predicted molar refractivity (Wildman–Crippen MR) is 179 cm³/mol. The number of likely N-dealkylation sites (tertiary alicyclic amines) is 1. The van der Waals surface area contributed by atoms with Crippen molar-refractivity contribution in [2.45, 2.75) is 52.5 Å². The minimum atomic E-state index is -0.807. The molecule has 2 N–H and O–H groups in total. The number of aromatic nitrogens is 3. The summed E-state index contributed by atoms with van der Waals surface area (Å²) in [5, 5.41) is 6.53. The number of rotatable bonds is 10. The molecule has 0 bridgehead atoms. The molecule has 5 rings (SSSR count). The van der Waals surface area contributed by atoms with Crippen LogP contribution in [0.15, 0.2) is 73.4 Å². The molecule has 1 atom stereocenters. The number of benzene rings is 2. The Morgan fingerprint density at radius 1 is 1.09 bits per heavy atom. The second-order valence-electron chi connectivity index (χ2n) is 12.1. The Kier molecular flexibility index (Phi) is 9.64. The van der Waals surface area contributed by atoms with E-state index in [9.17, 15) is 14.4 Å². The van der Waals surface area contributed by atoms with Gasteiger partial charge < -0.3 is 34.6 Å². The van der Waals surface area contributed by atoms with Gasteiger partial charge in [-0.05, 0) is 75.7 Å². The van der Waals surface area contributed by atoms with E-state index >= 15 is 0 Å². The summed E-state index contributed by atoms with van der Waals surface area (Å²) < 4.78 is 18.5. The molecule has 1 aliphatic rings. The Bertz CT molecular complexity index is 1780. The molecule has 13 nitrogen and oxygen atoms in total. The number of carbonyl (C=O) groups is 3. The third-order valence-electron chi connectivity index (χ3n) is 7.48. The summed E-state index contributed by atoms with van der Waals surface area (Å²) in [6.07, 6.45) is 3.00. The van der Waals surface area contributed by atoms with Gasteiger partial charge in [-0.1, -0.05) is 12.6 Å². The highest BCUT2D eigenvalue weighted by molar-refractivity contribution is 5.99. The zero-order chi connectivity index (χ0) is 33.7. The van der Waals surface area contributed by atoms with Crippen molar-refractivity contribution in [3.8, 4) is 11.6 Å². The molecule has 0 aliphatic carbocycles. The summed E-state index contributed by atoms with van der Waals surface area (Å²) in [4.78, 5) is 49.3. The van der Waals surface area contributed by atoms with E-state index in [0.717, 1.165) is 24.3 Å². The number of amides is 2. The van der Waals surface area contributed by atoms with Gasteiger partial charge in [-0.15, -0.1) is 0 Å². The smallest absolute Gasteiger partial charge is 0.438 e. The minimum Gasteiger partial charge on any atom is -0.438 e. The van der Waals surface area contributed by atoms with E-state index in [2.05, 4.69) is 27.1 Å². The average molecular weight is 642 g/mol. The van der Waals surface area contributed by atoms with Crippen LogP contribution in [0.2, 0.25) is 0 Å². The van der Waals surface area contributed by atoms with Gasteiger partial charge >= 0.3 is 6.16 Å². The standard InChI is InChI=1S/C34H39N7O6/c1-7-29(43)35-24-9-8-10-27(19-24)46-31-28-16-18-41(21-45-33(44)47-34(3,4)5)30(28)37-32(38-31)36-23-11-13-25(14-12-23)39(6)26-15-17-40(20-26)22(2)42/h7-14,16,18-19,26H,1,15,17,20-21H2,2-6H3,(H,35,43)(H,36,37,38)/t26-/m0/s1. The highest BCUT2D eigenvalue weighted by Gasteiger charge is 2.27. The first-order chi connectivity index (χ1) is 22.4. The van der Waals surface area contributed by atoms with Crippen molar-refractivity contribution in [2.24, 2.45) is 0 Å². The van der Waals surface area contributed by atoms with Crippen LogP contribution in [0.3, 0.4) is 0 Å². The monoisotopic (exact) mass is 641 g/mol. The second kappa shape index (κ2) is 13.8. The maximum Gasteiger partial charge on any atom is 0.510 e. The SMILES string of the molecule is C=CC(=O)Nc1cccc(Oc2nc(Nc3ccc(N(C)[C@H]4CCN(C(C)=O)C4)cc3)nc3c2ccn3COC(=O)OC(C)(C)C)c1. The summed E-state index contributed by atoms with van der Waals surface area (Å²) in [6, 6.07) is 16.7. The summed E-state index contributed by atoms with van der Waals surface area (Å²) in [7, 11) is 2.03. The van der Waals surface area contributed by atoms with Gasteiger partial charge in [0.15, 0.2) is 12.4 Å². The van der Waals surface area contributed by atoms with Crippen LogP contribution < -0.4 is 20.3 Å². The quantitative estimate of drug-likeness (QED) is 0.155. The Balaban J connectivity index is 1.40. The summed E-state index contributed by atoms with van der Waals surface area (Å²) in [5.74, 6) is 0.662. The number of nitrogens with zero attached hydrogens (tertiary/aromatic N) is 5. The Morgan fingerprint density at radius 2 is 1.85 bits per heavy atom. The van der Waals surface area contributed by atoms with Crippen LogP contribution in [-0.4, -0.2) is 69.2 Å². The predicted octanol–water partition coefficient (Wildman–Crippen LogP) is 6.06. The lowest BCUT2D eigenvalue weighted by Gasteiger charge is -2.27. The van der Waals surface area contributed by atoms with E-state index in [0.29, 0.717) is 29.0 Å². The van der Waals surface area contributed by atoms with Crippen LogP contribution in [0.1, 0.15) is 34.1 Å².